The number of phenols is 1. The number of aromatic hydroxyl groups is 1. The van der Waals surface area contributed by atoms with Gasteiger partial charge in [-0.25, -0.2) is 9.59 Å². The Bertz CT molecular complexity index is 3210. The normalized spacial score (nSPS) is 21.5. The lowest BCUT2D eigenvalue weighted by Crippen LogP contribution is -2.59. The number of carbonyl (C=O) groups excluding carboxylic acids is 9. The number of piperidine rings is 1. The second-order valence-corrected chi connectivity index (χ2v) is 24.2. The number of likely N-dealkylation sites (N-methyl/N-ethyl adjacent to an activating group) is 3. The number of fused-ring (bicyclic) bond motifs is 4. The van der Waals surface area contributed by atoms with Crippen LogP contribution >= 0.6 is 0 Å². The van der Waals surface area contributed by atoms with Gasteiger partial charge in [0.25, 0.3) is 11.8 Å². The van der Waals surface area contributed by atoms with Crippen molar-refractivity contribution in [3.8, 4) is 23.0 Å². The van der Waals surface area contributed by atoms with Gasteiger partial charge in [0, 0.05) is 46.7 Å². The monoisotopic (exact) mass is 1230 g/mol. The van der Waals surface area contributed by atoms with Gasteiger partial charge in [0.1, 0.15) is 42.6 Å². The minimum atomic E-state index is -1.52. The Morgan fingerprint density at radius 3 is 2.22 bits per heavy atom. The summed E-state index contributed by atoms with van der Waals surface area (Å²) < 4.78 is 34.8. The fourth-order valence-electron chi connectivity index (χ4n) is 10.4. The number of amides is 6. The van der Waals surface area contributed by atoms with E-state index in [0.717, 1.165) is 16.8 Å². The lowest BCUT2D eigenvalue weighted by Gasteiger charge is -2.36. The van der Waals surface area contributed by atoms with Crippen molar-refractivity contribution in [2.45, 2.75) is 142 Å². The number of Topliss-reactive ketones (excluding diaryl/α,β-unsaturated/α-hetero) is 1. The van der Waals surface area contributed by atoms with Crippen LogP contribution in [0.3, 0.4) is 0 Å². The van der Waals surface area contributed by atoms with Gasteiger partial charge in [0.2, 0.25) is 35.2 Å². The number of phenolic OH excluding ortho intramolecular Hbond substituents is 1. The van der Waals surface area contributed by atoms with Crippen LogP contribution in [0.1, 0.15) is 116 Å². The van der Waals surface area contributed by atoms with E-state index in [0.29, 0.717) is 48.1 Å². The zero-order valence-electron chi connectivity index (χ0n) is 53.2. The molecule has 22 nitrogen and oxygen atoms in total. The lowest BCUT2D eigenvalue weighted by atomic mass is 9.87. The van der Waals surface area contributed by atoms with Crippen molar-refractivity contribution in [1.82, 2.24) is 30.2 Å². The molecule has 0 aliphatic carbocycles. The van der Waals surface area contributed by atoms with Gasteiger partial charge in [-0.1, -0.05) is 86.5 Å². The highest BCUT2D eigenvalue weighted by atomic mass is 16.5. The van der Waals surface area contributed by atoms with Crippen LogP contribution < -0.4 is 24.8 Å². The molecule has 2 aliphatic rings. The van der Waals surface area contributed by atoms with Gasteiger partial charge in [-0.3, -0.25) is 33.6 Å². The van der Waals surface area contributed by atoms with Crippen LogP contribution in [0.15, 0.2) is 91.0 Å². The van der Waals surface area contributed by atoms with E-state index in [1.54, 1.807) is 57.2 Å². The molecule has 0 spiro atoms. The minimum Gasteiger partial charge on any atom is -0.504 e. The third-order valence-electron chi connectivity index (χ3n) is 15.9. The SMILES string of the molecule is CCCC[C@H]1C(=O)N[C@@H](Cc2ccc3ccccc3c2)C(=O)N(C)[C@@H](COC(C)(C)C)C(=O)NCC(=O)N(C)CCC=CC(=O)OCC(C)(C)C(=O)C(=O)N2CCCC[C@H]2C(=O)O[C@H](CCc2ccc(OC)c(OC)c2O)c2cccc(c2)OCC(=O)N1C. The highest BCUT2D eigenvalue weighted by molar-refractivity contribution is 6.38. The Labute approximate surface area is 521 Å². The average molecular weight is 1230 g/mol. The molecule has 4 aromatic rings. The molecule has 4 aromatic carbocycles. The number of nitrogens with zero attached hydrogens (tertiary/aromatic N) is 4. The molecule has 0 unspecified atom stereocenters. The first-order valence-electron chi connectivity index (χ1n) is 30.3. The Kier molecular flexibility index (Phi) is 25.1. The van der Waals surface area contributed by atoms with E-state index in [-0.39, 0.29) is 75.5 Å². The summed E-state index contributed by atoms with van der Waals surface area (Å²) in [6.45, 7) is 8.62. The number of benzene rings is 4. The van der Waals surface area contributed by atoms with Crippen LogP contribution in [0.5, 0.6) is 23.0 Å². The number of ketones is 1. The van der Waals surface area contributed by atoms with Crippen molar-refractivity contribution >= 4 is 63.9 Å². The van der Waals surface area contributed by atoms with Crippen molar-refractivity contribution in [2.24, 2.45) is 5.41 Å². The molecule has 2 bridgehead atoms. The van der Waals surface area contributed by atoms with Crippen molar-refractivity contribution in [2.75, 3.05) is 74.8 Å². The van der Waals surface area contributed by atoms with Gasteiger partial charge in [0.15, 0.2) is 18.1 Å². The Morgan fingerprint density at radius 2 is 1.52 bits per heavy atom. The summed E-state index contributed by atoms with van der Waals surface area (Å²) in [5, 5.41) is 18.7. The summed E-state index contributed by atoms with van der Waals surface area (Å²) in [6.07, 6.45) is 4.56. The third-order valence-corrected chi connectivity index (χ3v) is 15.9. The number of esters is 2. The number of aryl methyl sites for hydroxylation is 1. The maximum atomic E-state index is 15.1. The van der Waals surface area contributed by atoms with Crippen LogP contribution in [0.25, 0.3) is 10.8 Å². The van der Waals surface area contributed by atoms with Gasteiger partial charge < -0.3 is 63.8 Å². The number of carbonyl (C=O) groups is 9. The molecule has 6 amide bonds. The van der Waals surface area contributed by atoms with E-state index in [1.807, 2.05) is 49.4 Å². The highest BCUT2D eigenvalue weighted by Crippen LogP contribution is 2.40. The average Bonchev–Trinajstić information content (AvgIpc) is 1.93. The quantitative estimate of drug-likeness (QED) is 0.0996. The molecule has 1 fully saturated rings. The van der Waals surface area contributed by atoms with Gasteiger partial charge in [0.05, 0.1) is 38.4 Å². The molecule has 6 rings (SSSR count). The molecule has 3 N–H and O–H groups in total. The number of cyclic esters (lactones) is 2. The Balaban J connectivity index is 1.36. The lowest BCUT2D eigenvalue weighted by molar-refractivity contribution is -0.165. The smallest absolute Gasteiger partial charge is 0.330 e. The second kappa shape index (κ2) is 32.1. The predicted molar refractivity (Wildman–Crippen MR) is 332 cm³/mol. The number of unbranched alkanes of at least 4 members (excludes halogenated alkanes) is 1. The van der Waals surface area contributed by atoms with E-state index >= 15 is 4.79 Å². The molecular weight excluding hydrogens is 1140 g/mol. The standard InChI is InChI=1S/C67H88N6O16/c1-12-13-25-50-62(80)69-49(37-43-28-29-44-21-14-15-22-46(44)36-43)63(81)72(9)52(40-88-66(2,3)4)61(79)68-39-55(74)70(7)34-18-17-27-57(76)87-42-67(5,6)60(78)64(82)73-35-19-16-26-51(73)65(83)89-53(32-30-45-31-33-54(84-10)59(85-11)58(45)77)47-23-20-24-48(38-47)86-41-56(75)71(50)8/h14-15,17,20-24,27-29,31,33,36,38,49-53,77H,12-13,16,18-19,25-26,30,32,34-35,37,39-42H2,1-11H3,(H,68,79)(H,69,80)/t49-,50-,51-,52-,53+/m0/s1. The van der Waals surface area contributed by atoms with Crippen molar-refractivity contribution in [1.29, 1.82) is 0 Å². The molecule has 0 radical (unpaired) electrons. The van der Waals surface area contributed by atoms with E-state index in [4.69, 9.17) is 28.4 Å². The Hall–Kier alpha value is -8.53. The third kappa shape index (κ3) is 19.2. The summed E-state index contributed by atoms with van der Waals surface area (Å²) in [5.74, 6) is -6.12. The molecule has 5 atom stereocenters. The van der Waals surface area contributed by atoms with Crippen LogP contribution in [0, 0.1) is 5.41 Å². The first-order valence-corrected chi connectivity index (χ1v) is 30.3. The number of hydrogen-bond acceptors (Lipinski definition) is 16. The summed E-state index contributed by atoms with van der Waals surface area (Å²) in [4.78, 5) is 133. The molecule has 2 aliphatic heterocycles. The molecular formula is C67H88N6O16. The number of hydrogen-bond donors (Lipinski definition) is 3. The number of ether oxygens (including phenoxy) is 6. The molecule has 2 heterocycles. The summed E-state index contributed by atoms with van der Waals surface area (Å²) >= 11 is 0. The van der Waals surface area contributed by atoms with E-state index in [9.17, 15) is 43.5 Å². The largest absolute Gasteiger partial charge is 0.504 e. The van der Waals surface area contributed by atoms with Crippen LogP contribution in [0.2, 0.25) is 0 Å². The first kappa shape index (κ1) is 69.6. The minimum absolute atomic E-state index is 0.0122. The van der Waals surface area contributed by atoms with Gasteiger partial charge in [-0.05, 0) is 125 Å². The number of rotatable bonds is 12. The fraction of sp³-hybridized carbons (Fsp3) is 0.507. The van der Waals surface area contributed by atoms with Crippen LogP contribution in [-0.4, -0.2) is 182 Å². The summed E-state index contributed by atoms with van der Waals surface area (Å²) in [5.41, 5.74) is -0.727. The van der Waals surface area contributed by atoms with Gasteiger partial charge in [-0.15, -0.1) is 0 Å². The number of nitrogens with one attached hydrogen (secondary N) is 2. The maximum absolute atomic E-state index is 15.1. The maximum Gasteiger partial charge on any atom is 0.330 e. The summed E-state index contributed by atoms with van der Waals surface area (Å²) in [6, 6.07) is 18.3. The Morgan fingerprint density at radius 1 is 0.775 bits per heavy atom. The topological polar surface area (TPSA) is 266 Å². The van der Waals surface area contributed by atoms with E-state index in [2.05, 4.69) is 10.6 Å². The second-order valence-electron chi connectivity index (χ2n) is 24.2. The molecule has 1 saturated heterocycles. The van der Waals surface area contributed by atoms with Crippen molar-refractivity contribution in [3.63, 3.8) is 0 Å². The van der Waals surface area contributed by atoms with Crippen molar-refractivity contribution < 1.29 is 76.7 Å². The van der Waals surface area contributed by atoms with Crippen molar-refractivity contribution in [3.05, 3.63) is 108 Å². The highest BCUT2D eigenvalue weighted by Gasteiger charge is 2.43. The molecule has 22 heteroatoms. The van der Waals surface area contributed by atoms with E-state index < -0.39 is 114 Å². The predicted octanol–water partition coefficient (Wildman–Crippen LogP) is 6.60. The first-order chi connectivity index (χ1) is 42.3. The van der Waals surface area contributed by atoms with Crippen LogP contribution in [0.4, 0.5) is 0 Å². The zero-order valence-corrected chi connectivity index (χ0v) is 53.2. The zero-order chi connectivity index (χ0) is 65.2. The molecule has 89 heavy (non-hydrogen) atoms. The molecule has 0 saturated carbocycles. The van der Waals surface area contributed by atoms with Crippen LogP contribution in [-0.2, 0) is 70.2 Å². The number of methoxy groups -OCH3 is 2. The van der Waals surface area contributed by atoms with Gasteiger partial charge >= 0.3 is 11.9 Å². The van der Waals surface area contributed by atoms with E-state index in [1.165, 1.54) is 74.9 Å². The molecule has 482 valence electrons. The fourth-order valence-corrected chi connectivity index (χ4v) is 10.4. The molecule has 0 aromatic heterocycles. The summed E-state index contributed by atoms with van der Waals surface area (Å²) in [7, 11) is 7.24. The van der Waals surface area contributed by atoms with Gasteiger partial charge in [-0.2, -0.15) is 0 Å².